The molecule has 19 heavy (non-hydrogen) atoms. The average Bonchev–Trinajstić information content (AvgIpc) is 2.38. The molecule has 1 N–H and O–H groups in total. The summed E-state index contributed by atoms with van der Waals surface area (Å²) < 4.78 is 26.0. The molecule has 1 aromatic heterocycles. The summed E-state index contributed by atoms with van der Waals surface area (Å²) in [6.07, 6.45) is 3.22. The van der Waals surface area contributed by atoms with Gasteiger partial charge in [0.05, 0.1) is 6.04 Å². The second kappa shape index (κ2) is 5.56. The Bertz CT molecular complexity index is 567. The third kappa shape index (κ3) is 3.34. The second-order valence-electron chi connectivity index (χ2n) is 4.13. The molecule has 0 bridgehead atoms. The van der Waals surface area contributed by atoms with Gasteiger partial charge in [0.15, 0.2) is 0 Å². The van der Waals surface area contributed by atoms with Crippen LogP contribution in [0.2, 0.25) is 0 Å². The van der Waals surface area contributed by atoms with Crippen LogP contribution >= 0.6 is 0 Å². The Morgan fingerprint density at radius 2 is 1.74 bits per heavy atom. The Labute approximate surface area is 109 Å². The van der Waals surface area contributed by atoms with Gasteiger partial charge < -0.3 is 5.32 Å². The first-order valence-corrected chi connectivity index (χ1v) is 5.73. The van der Waals surface area contributed by atoms with E-state index < -0.39 is 17.5 Å². The molecule has 0 fully saturated rings. The molecule has 0 spiro atoms. The molecule has 0 aliphatic heterocycles. The van der Waals surface area contributed by atoms with Crippen molar-refractivity contribution >= 4 is 5.91 Å². The Morgan fingerprint density at radius 3 is 2.32 bits per heavy atom. The first kappa shape index (κ1) is 13.1. The van der Waals surface area contributed by atoms with Crippen LogP contribution in [0.15, 0.2) is 42.7 Å². The number of hydrogen-bond donors (Lipinski definition) is 1. The average molecular weight is 262 g/mol. The lowest BCUT2D eigenvalue weighted by Gasteiger charge is -2.14. The van der Waals surface area contributed by atoms with Gasteiger partial charge in [-0.2, -0.15) is 0 Å². The Morgan fingerprint density at radius 1 is 1.16 bits per heavy atom. The summed E-state index contributed by atoms with van der Waals surface area (Å²) in [6, 6.07) is 5.97. The third-order valence-electron chi connectivity index (χ3n) is 2.68. The third-order valence-corrected chi connectivity index (χ3v) is 2.68. The van der Waals surface area contributed by atoms with Crippen LogP contribution in [0.1, 0.15) is 28.9 Å². The molecule has 0 radical (unpaired) electrons. The van der Waals surface area contributed by atoms with Crippen molar-refractivity contribution in [3.05, 3.63) is 65.5 Å². The molecule has 2 aromatic rings. The predicted octanol–water partition coefficient (Wildman–Crippen LogP) is 2.85. The van der Waals surface area contributed by atoms with Gasteiger partial charge in [0.2, 0.25) is 0 Å². The lowest BCUT2D eigenvalue weighted by atomic mass is 10.1. The summed E-state index contributed by atoms with van der Waals surface area (Å²) in [4.78, 5) is 15.7. The first-order chi connectivity index (χ1) is 9.06. The molecule has 1 atom stereocenters. The summed E-state index contributed by atoms with van der Waals surface area (Å²) >= 11 is 0. The van der Waals surface area contributed by atoms with Crippen molar-refractivity contribution in [2.24, 2.45) is 0 Å². The first-order valence-electron chi connectivity index (χ1n) is 5.73. The quantitative estimate of drug-likeness (QED) is 0.924. The Hall–Kier alpha value is -2.30. The van der Waals surface area contributed by atoms with Gasteiger partial charge in [-0.25, -0.2) is 8.78 Å². The number of carbonyl (C=O) groups excluding carboxylic acids is 1. The molecular formula is C14H12F2N2O. The van der Waals surface area contributed by atoms with E-state index >= 15 is 0 Å². The van der Waals surface area contributed by atoms with Crippen molar-refractivity contribution in [3.63, 3.8) is 0 Å². The fourth-order valence-electron chi connectivity index (χ4n) is 1.70. The maximum absolute atomic E-state index is 13.0. The zero-order chi connectivity index (χ0) is 13.8. The van der Waals surface area contributed by atoms with Gasteiger partial charge in [-0.1, -0.05) is 0 Å². The molecule has 5 heteroatoms. The van der Waals surface area contributed by atoms with Crippen molar-refractivity contribution in [2.45, 2.75) is 13.0 Å². The number of hydrogen-bond acceptors (Lipinski definition) is 2. The number of carbonyl (C=O) groups is 1. The Kier molecular flexibility index (Phi) is 3.85. The number of rotatable bonds is 3. The van der Waals surface area contributed by atoms with E-state index in [1.807, 2.05) is 0 Å². The Balaban J connectivity index is 2.13. The van der Waals surface area contributed by atoms with Crippen LogP contribution in [0.4, 0.5) is 8.78 Å². The summed E-state index contributed by atoms with van der Waals surface area (Å²) in [7, 11) is 0. The van der Waals surface area contributed by atoms with E-state index in [4.69, 9.17) is 0 Å². The number of nitrogens with zero attached hydrogens (tertiary/aromatic N) is 1. The number of nitrogens with one attached hydrogen (secondary N) is 1. The van der Waals surface area contributed by atoms with Crippen molar-refractivity contribution in [2.75, 3.05) is 0 Å². The van der Waals surface area contributed by atoms with E-state index in [9.17, 15) is 13.6 Å². The molecule has 1 aromatic carbocycles. The molecule has 1 unspecified atom stereocenters. The number of amides is 1. The van der Waals surface area contributed by atoms with Crippen molar-refractivity contribution < 1.29 is 13.6 Å². The molecular weight excluding hydrogens is 250 g/mol. The molecule has 0 saturated heterocycles. The number of aromatic nitrogens is 1. The van der Waals surface area contributed by atoms with Gasteiger partial charge in [-0.3, -0.25) is 9.78 Å². The largest absolute Gasteiger partial charge is 0.346 e. The minimum atomic E-state index is -0.776. The predicted molar refractivity (Wildman–Crippen MR) is 66.5 cm³/mol. The molecule has 98 valence electrons. The monoisotopic (exact) mass is 262 g/mol. The van der Waals surface area contributed by atoms with Gasteiger partial charge in [0.1, 0.15) is 11.6 Å². The van der Waals surface area contributed by atoms with Crippen LogP contribution in [0.25, 0.3) is 0 Å². The molecule has 3 nitrogen and oxygen atoms in total. The van der Waals surface area contributed by atoms with Crippen LogP contribution in [-0.4, -0.2) is 10.9 Å². The van der Waals surface area contributed by atoms with E-state index in [0.29, 0.717) is 0 Å². The maximum atomic E-state index is 13.0. The SMILES string of the molecule is CC(NC(=O)c1cc(F)cc(F)c1)c1ccncc1. The molecule has 1 amide bonds. The highest BCUT2D eigenvalue weighted by atomic mass is 19.1. The molecule has 2 rings (SSSR count). The zero-order valence-corrected chi connectivity index (χ0v) is 10.2. The maximum Gasteiger partial charge on any atom is 0.251 e. The van der Waals surface area contributed by atoms with Crippen LogP contribution in [-0.2, 0) is 0 Å². The highest BCUT2D eigenvalue weighted by molar-refractivity contribution is 5.94. The standard InChI is InChI=1S/C14H12F2N2O/c1-9(10-2-4-17-5-3-10)18-14(19)11-6-12(15)8-13(16)7-11/h2-9H,1H3,(H,18,19). The molecule has 1 heterocycles. The van der Waals surface area contributed by atoms with E-state index in [2.05, 4.69) is 10.3 Å². The van der Waals surface area contributed by atoms with Crippen LogP contribution in [0.5, 0.6) is 0 Å². The summed E-state index contributed by atoms with van der Waals surface area (Å²) in [5.41, 5.74) is 0.818. The zero-order valence-electron chi connectivity index (χ0n) is 10.2. The number of benzene rings is 1. The minimum Gasteiger partial charge on any atom is -0.346 e. The smallest absolute Gasteiger partial charge is 0.251 e. The van der Waals surface area contributed by atoms with Gasteiger partial charge >= 0.3 is 0 Å². The lowest BCUT2D eigenvalue weighted by molar-refractivity contribution is 0.0939. The van der Waals surface area contributed by atoms with E-state index in [-0.39, 0.29) is 11.6 Å². The number of pyridine rings is 1. The summed E-state index contributed by atoms with van der Waals surface area (Å²) in [5.74, 6) is -2.08. The normalized spacial score (nSPS) is 11.9. The van der Waals surface area contributed by atoms with Gasteiger partial charge in [0, 0.05) is 24.0 Å². The van der Waals surface area contributed by atoms with Gasteiger partial charge in [0.25, 0.3) is 5.91 Å². The highest BCUT2D eigenvalue weighted by Crippen LogP contribution is 2.13. The summed E-state index contributed by atoms with van der Waals surface area (Å²) in [5, 5.41) is 2.67. The van der Waals surface area contributed by atoms with Crippen LogP contribution < -0.4 is 5.32 Å². The van der Waals surface area contributed by atoms with Crippen molar-refractivity contribution in [3.8, 4) is 0 Å². The van der Waals surface area contributed by atoms with Gasteiger partial charge in [-0.15, -0.1) is 0 Å². The molecule has 0 aliphatic carbocycles. The lowest BCUT2D eigenvalue weighted by Crippen LogP contribution is -2.26. The minimum absolute atomic E-state index is 0.0431. The van der Waals surface area contributed by atoms with Crippen molar-refractivity contribution in [1.29, 1.82) is 0 Å². The second-order valence-corrected chi connectivity index (χ2v) is 4.13. The fourth-order valence-corrected chi connectivity index (χ4v) is 1.70. The summed E-state index contributed by atoms with van der Waals surface area (Å²) in [6.45, 7) is 1.78. The molecule has 0 saturated carbocycles. The van der Waals surface area contributed by atoms with Crippen LogP contribution in [0, 0.1) is 11.6 Å². The van der Waals surface area contributed by atoms with Gasteiger partial charge in [-0.05, 0) is 36.8 Å². The fraction of sp³-hybridized carbons (Fsp3) is 0.143. The topological polar surface area (TPSA) is 42.0 Å². The molecule has 0 aliphatic rings. The van der Waals surface area contributed by atoms with Crippen LogP contribution in [0.3, 0.4) is 0 Å². The van der Waals surface area contributed by atoms with Crippen molar-refractivity contribution in [1.82, 2.24) is 10.3 Å². The van der Waals surface area contributed by atoms with E-state index in [1.165, 1.54) is 0 Å². The number of halogens is 2. The highest BCUT2D eigenvalue weighted by Gasteiger charge is 2.13. The van der Waals surface area contributed by atoms with E-state index in [0.717, 1.165) is 23.8 Å². The van der Waals surface area contributed by atoms with E-state index in [1.54, 1.807) is 31.5 Å².